The molecule has 0 aromatic carbocycles. The molecule has 1 saturated heterocycles. The molecule has 4 rings (SSSR count). The summed E-state index contributed by atoms with van der Waals surface area (Å²) in [5, 5.41) is 6.97. The number of nitrogens with one attached hydrogen (secondary N) is 2. The number of hydrogen-bond acceptors (Lipinski definition) is 9. The van der Waals surface area contributed by atoms with Gasteiger partial charge in [0.1, 0.15) is 15.6 Å². The van der Waals surface area contributed by atoms with Crippen molar-refractivity contribution in [2.24, 2.45) is 0 Å². The highest BCUT2D eigenvalue weighted by Crippen LogP contribution is 2.30. The number of esters is 1. The van der Waals surface area contributed by atoms with Gasteiger partial charge in [-0.2, -0.15) is 0 Å². The number of ether oxygens (including phenoxy) is 2. The van der Waals surface area contributed by atoms with E-state index in [-0.39, 0.29) is 28.8 Å². The number of methoxy groups -OCH3 is 1. The van der Waals surface area contributed by atoms with E-state index in [0.717, 1.165) is 5.01 Å². The number of aromatic amines is 1. The Morgan fingerprint density at radius 3 is 2.82 bits per heavy atom. The first-order chi connectivity index (χ1) is 15.9. The second kappa shape index (κ2) is 10.4. The van der Waals surface area contributed by atoms with Crippen LogP contribution in [0.25, 0.3) is 0 Å². The number of H-pyrrole nitrogens is 1. The SMILES string of the molecule is COC(=O)c1cnc(N2CC[C@@H](NC(=O)c3[nH]c(C)c(Cl)c3Cl)[C@@H](OCc3nccs3)C2)s1. The first-order valence-corrected chi connectivity index (χ1v) is 12.5. The van der Waals surface area contributed by atoms with E-state index in [9.17, 15) is 9.59 Å². The lowest BCUT2D eigenvalue weighted by molar-refractivity contribution is 0.00960. The molecule has 2 N–H and O–H groups in total. The van der Waals surface area contributed by atoms with Crippen molar-refractivity contribution in [1.29, 1.82) is 0 Å². The maximum atomic E-state index is 12.9. The molecule has 33 heavy (non-hydrogen) atoms. The zero-order valence-electron chi connectivity index (χ0n) is 17.8. The summed E-state index contributed by atoms with van der Waals surface area (Å²) in [6.07, 6.45) is 3.48. The average molecular weight is 530 g/mol. The molecule has 0 spiro atoms. The second-order valence-electron chi connectivity index (χ2n) is 7.34. The van der Waals surface area contributed by atoms with Crippen LogP contribution < -0.4 is 10.2 Å². The number of hydrogen-bond donors (Lipinski definition) is 2. The van der Waals surface area contributed by atoms with Crippen molar-refractivity contribution in [2.45, 2.75) is 32.1 Å². The van der Waals surface area contributed by atoms with E-state index in [1.54, 1.807) is 13.1 Å². The molecule has 0 unspecified atom stereocenters. The van der Waals surface area contributed by atoms with Crippen LogP contribution in [0.2, 0.25) is 10.0 Å². The summed E-state index contributed by atoms with van der Waals surface area (Å²) in [5.41, 5.74) is 0.853. The van der Waals surface area contributed by atoms with Crippen LogP contribution in [-0.4, -0.2) is 59.2 Å². The van der Waals surface area contributed by atoms with Gasteiger partial charge in [-0.1, -0.05) is 34.5 Å². The van der Waals surface area contributed by atoms with Gasteiger partial charge in [0, 0.05) is 30.4 Å². The standard InChI is InChI=1S/C20H21Cl2N5O4S2/c1-10-15(21)16(22)17(25-10)18(28)26-11-3-5-27(20-24-7-13(33-20)19(29)30-2)8-12(11)31-9-14-23-4-6-32-14/h4,6-7,11-12,25H,3,5,8-9H2,1-2H3,(H,26,28)/t11-,12+/m1/s1. The quantitative estimate of drug-likeness (QED) is 0.446. The van der Waals surface area contributed by atoms with Crippen LogP contribution in [0.3, 0.4) is 0 Å². The predicted molar refractivity (Wildman–Crippen MR) is 128 cm³/mol. The number of aryl methyl sites for hydroxylation is 1. The van der Waals surface area contributed by atoms with Gasteiger partial charge in [0.25, 0.3) is 5.91 Å². The van der Waals surface area contributed by atoms with E-state index < -0.39 is 5.97 Å². The topological polar surface area (TPSA) is 109 Å². The maximum Gasteiger partial charge on any atom is 0.349 e. The van der Waals surface area contributed by atoms with Crippen LogP contribution in [0.1, 0.15) is 37.3 Å². The van der Waals surface area contributed by atoms with E-state index in [2.05, 4.69) is 20.3 Å². The van der Waals surface area contributed by atoms with Crippen molar-refractivity contribution >= 4 is 62.9 Å². The second-order valence-corrected chi connectivity index (χ2v) is 10.1. The highest BCUT2D eigenvalue weighted by molar-refractivity contribution is 7.17. The van der Waals surface area contributed by atoms with E-state index in [1.165, 1.54) is 36.0 Å². The highest BCUT2D eigenvalue weighted by atomic mass is 35.5. The van der Waals surface area contributed by atoms with E-state index in [0.29, 0.717) is 46.8 Å². The molecule has 176 valence electrons. The molecule has 0 radical (unpaired) electrons. The number of anilines is 1. The Hall–Kier alpha value is -2.18. The summed E-state index contributed by atoms with van der Waals surface area (Å²) in [5.74, 6) is -0.771. The van der Waals surface area contributed by atoms with Gasteiger partial charge < -0.3 is 24.7 Å². The summed E-state index contributed by atoms with van der Waals surface area (Å²) in [7, 11) is 1.34. The molecule has 0 saturated carbocycles. The Bertz CT molecular complexity index is 1130. The highest BCUT2D eigenvalue weighted by Gasteiger charge is 2.34. The van der Waals surface area contributed by atoms with E-state index in [1.807, 2.05) is 10.3 Å². The first-order valence-electron chi connectivity index (χ1n) is 10.0. The van der Waals surface area contributed by atoms with Crippen LogP contribution in [-0.2, 0) is 16.1 Å². The number of aromatic nitrogens is 3. The van der Waals surface area contributed by atoms with Crippen molar-refractivity contribution in [2.75, 3.05) is 25.1 Å². The van der Waals surface area contributed by atoms with Crippen LogP contribution in [0.15, 0.2) is 17.8 Å². The molecule has 1 amide bonds. The van der Waals surface area contributed by atoms with E-state index in [4.69, 9.17) is 32.7 Å². The Morgan fingerprint density at radius 2 is 2.15 bits per heavy atom. The number of carbonyl (C=O) groups excluding carboxylic acids is 2. The number of rotatable bonds is 7. The first kappa shape index (κ1) is 24.0. The number of amides is 1. The molecule has 0 aliphatic carbocycles. The lowest BCUT2D eigenvalue weighted by Crippen LogP contribution is -2.55. The Balaban J connectivity index is 1.49. The third-order valence-electron chi connectivity index (χ3n) is 5.21. The van der Waals surface area contributed by atoms with Gasteiger partial charge in [-0.25, -0.2) is 14.8 Å². The summed E-state index contributed by atoms with van der Waals surface area (Å²) >= 11 is 15.1. The third-order valence-corrected chi connectivity index (χ3v) is 7.95. The van der Waals surface area contributed by atoms with Crippen LogP contribution in [0.5, 0.6) is 0 Å². The van der Waals surface area contributed by atoms with Crippen molar-refractivity contribution < 1.29 is 19.1 Å². The smallest absolute Gasteiger partial charge is 0.349 e. The van der Waals surface area contributed by atoms with Gasteiger partial charge in [0.05, 0.1) is 42.1 Å². The van der Waals surface area contributed by atoms with Crippen molar-refractivity contribution in [3.8, 4) is 0 Å². The third kappa shape index (κ3) is 5.33. The predicted octanol–water partition coefficient (Wildman–Crippen LogP) is 3.92. The van der Waals surface area contributed by atoms with Gasteiger partial charge in [-0.15, -0.1) is 11.3 Å². The number of piperidine rings is 1. The maximum absolute atomic E-state index is 12.9. The molecule has 4 heterocycles. The van der Waals surface area contributed by atoms with Crippen molar-refractivity contribution in [3.63, 3.8) is 0 Å². The lowest BCUT2D eigenvalue weighted by atomic mass is 10.0. The molecular formula is C20H21Cl2N5O4S2. The molecule has 3 aromatic rings. The number of nitrogens with zero attached hydrogens (tertiary/aromatic N) is 3. The van der Waals surface area contributed by atoms with Crippen LogP contribution >= 0.6 is 45.9 Å². The van der Waals surface area contributed by atoms with E-state index >= 15 is 0 Å². The largest absolute Gasteiger partial charge is 0.465 e. The number of thiazole rings is 2. The fourth-order valence-electron chi connectivity index (χ4n) is 3.50. The molecule has 1 fully saturated rings. The Morgan fingerprint density at radius 1 is 1.33 bits per heavy atom. The summed E-state index contributed by atoms with van der Waals surface area (Å²) in [6.45, 7) is 3.17. The van der Waals surface area contributed by atoms with Crippen molar-refractivity contribution in [3.05, 3.63) is 49.1 Å². The zero-order chi connectivity index (χ0) is 23.5. The minimum absolute atomic E-state index is 0.197. The van der Waals surface area contributed by atoms with Crippen LogP contribution in [0.4, 0.5) is 5.13 Å². The Kier molecular flexibility index (Phi) is 7.55. The normalized spacial score (nSPS) is 18.4. The van der Waals surface area contributed by atoms with Gasteiger partial charge in [0.15, 0.2) is 5.13 Å². The molecule has 13 heteroatoms. The summed E-state index contributed by atoms with van der Waals surface area (Å²) in [4.78, 5) is 38.7. The average Bonchev–Trinajstić information content (AvgIpc) is 3.56. The van der Waals surface area contributed by atoms with Gasteiger partial charge in [0.2, 0.25) is 0 Å². The van der Waals surface area contributed by atoms with Crippen LogP contribution in [0, 0.1) is 6.92 Å². The number of carbonyl (C=O) groups is 2. The number of halogens is 2. The molecule has 3 aromatic heterocycles. The minimum atomic E-state index is -0.422. The minimum Gasteiger partial charge on any atom is -0.465 e. The summed E-state index contributed by atoms with van der Waals surface area (Å²) in [6, 6.07) is -0.271. The van der Waals surface area contributed by atoms with Gasteiger partial charge >= 0.3 is 5.97 Å². The fourth-order valence-corrected chi connectivity index (χ4v) is 5.32. The lowest BCUT2D eigenvalue weighted by Gasteiger charge is -2.38. The fraction of sp³-hybridized carbons (Fsp3) is 0.400. The molecule has 9 nitrogen and oxygen atoms in total. The molecule has 1 aliphatic rings. The molecular weight excluding hydrogens is 509 g/mol. The molecule has 0 bridgehead atoms. The Labute approximate surface area is 208 Å². The van der Waals surface area contributed by atoms with Gasteiger partial charge in [-0.05, 0) is 13.3 Å². The zero-order valence-corrected chi connectivity index (χ0v) is 20.9. The molecule has 2 atom stereocenters. The summed E-state index contributed by atoms with van der Waals surface area (Å²) < 4.78 is 10.9. The van der Waals surface area contributed by atoms with Gasteiger partial charge in [-0.3, -0.25) is 4.79 Å². The molecule has 1 aliphatic heterocycles. The van der Waals surface area contributed by atoms with Crippen molar-refractivity contribution in [1.82, 2.24) is 20.3 Å². The monoisotopic (exact) mass is 529 g/mol.